The van der Waals surface area contributed by atoms with Crippen molar-refractivity contribution in [3.63, 3.8) is 0 Å². The van der Waals surface area contributed by atoms with E-state index in [0.29, 0.717) is 50.4 Å². The largest absolute Gasteiger partial charge is 0.444 e. The number of rotatable bonds is 7. The van der Waals surface area contributed by atoms with Crippen molar-refractivity contribution in [2.24, 2.45) is 0 Å². The molecule has 0 N–H and O–H groups in total. The van der Waals surface area contributed by atoms with Crippen LogP contribution in [0.25, 0.3) is 5.82 Å². The molecule has 0 atom stereocenters. The van der Waals surface area contributed by atoms with Crippen LogP contribution in [0.5, 0.6) is 0 Å². The maximum atomic E-state index is 14.4. The summed E-state index contributed by atoms with van der Waals surface area (Å²) in [6.07, 6.45) is 4.77. The molecule has 1 amide bonds. The number of amides is 1. The molecule has 0 spiro atoms. The van der Waals surface area contributed by atoms with E-state index in [9.17, 15) is 35.2 Å². The zero-order valence-electron chi connectivity index (χ0n) is 23.5. The van der Waals surface area contributed by atoms with Crippen LogP contribution in [-0.2, 0) is 21.3 Å². The number of carbonyl (C=O) groups excluding carboxylic acids is 1. The maximum absolute atomic E-state index is 14.4. The maximum Gasteiger partial charge on any atom is 0.410 e. The van der Waals surface area contributed by atoms with E-state index in [2.05, 4.69) is 15.0 Å². The number of hydrogen-bond acceptors (Lipinski definition) is 7. The van der Waals surface area contributed by atoms with E-state index < -0.39 is 62.2 Å². The van der Waals surface area contributed by atoms with Crippen LogP contribution in [0.3, 0.4) is 0 Å². The molecule has 16 heteroatoms. The summed E-state index contributed by atoms with van der Waals surface area (Å²) >= 11 is 0. The zero-order chi connectivity index (χ0) is 31.3. The Labute approximate surface area is 244 Å². The lowest BCUT2D eigenvalue weighted by Crippen LogP contribution is -2.50. The van der Waals surface area contributed by atoms with E-state index in [0.717, 1.165) is 9.99 Å². The molecular formula is C27H29F5N6O4S. The predicted octanol–water partition coefficient (Wildman–Crippen LogP) is 4.37. The number of aromatic nitrogens is 3. The summed E-state index contributed by atoms with van der Waals surface area (Å²) in [5.41, 5.74) is 0.541. The van der Waals surface area contributed by atoms with E-state index in [-0.39, 0.29) is 6.09 Å². The Balaban J connectivity index is 1.28. The molecule has 1 saturated heterocycles. The van der Waals surface area contributed by atoms with Crippen molar-refractivity contribution in [1.29, 1.82) is 0 Å². The molecule has 232 valence electrons. The first kappa shape index (κ1) is 30.7. The highest BCUT2D eigenvalue weighted by Crippen LogP contribution is 2.36. The van der Waals surface area contributed by atoms with Crippen molar-refractivity contribution in [2.45, 2.75) is 56.7 Å². The molecule has 2 fully saturated rings. The number of pyridine rings is 1. The second-order valence-corrected chi connectivity index (χ2v) is 13.1. The molecule has 0 radical (unpaired) electrons. The Morgan fingerprint density at radius 2 is 1.56 bits per heavy atom. The van der Waals surface area contributed by atoms with Crippen LogP contribution in [0.4, 0.5) is 32.4 Å². The lowest BCUT2D eigenvalue weighted by molar-refractivity contribution is 0.0240. The van der Waals surface area contributed by atoms with Crippen LogP contribution in [0.15, 0.2) is 35.6 Å². The van der Waals surface area contributed by atoms with Gasteiger partial charge in [-0.05, 0) is 45.7 Å². The average Bonchev–Trinajstić information content (AvgIpc) is 3.69. The molecule has 43 heavy (non-hydrogen) atoms. The molecule has 10 nitrogen and oxygen atoms in total. The van der Waals surface area contributed by atoms with Crippen molar-refractivity contribution in [3.05, 3.63) is 65.4 Å². The number of hydrogen-bond donors (Lipinski definition) is 0. The van der Waals surface area contributed by atoms with Gasteiger partial charge in [0.05, 0.1) is 18.1 Å². The van der Waals surface area contributed by atoms with E-state index in [4.69, 9.17) is 4.74 Å². The molecule has 2 aliphatic rings. The van der Waals surface area contributed by atoms with Crippen LogP contribution in [0.1, 0.15) is 39.2 Å². The molecule has 5 rings (SSSR count). The third-order valence-corrected chi connectivity index (χ3v) is 8.85. The fraction of sp³-hybridized carbons (Fsp3) is 0.444. The molecule has 1 aliphatic heterocycles. The SMILES string of the molecule is CC(C)(C)OC(=O)N1CCN(c2ccc(-n3cc(CN(C4CC4)S(=O)(=O)c4c(F)c(F)c(F)c(F)c4F)cn3)nc2)CC1. The summed E-state index contributed by atoms with van der Waals surface area (Å²) in [5, 5.41) is 4.19. The van der Waals surface area contributed by atoms with Crippen LogP contribution in [0.2, 0.25) is 0 Å². The minimum absolute atomic E-state index is 0.309. The topological polar surface area (TPSA) is 101 Å². The van der Waals surface area contributed by atoms with Gasteiger partial charge in [0.25, 0.3) is 0 Å². The van der Waals surface area contributed by atoms with Crippen molar-refractivity contribution < 1.29 is 39.9 Å². The lowest BCUT2D eigenvalue weighted by Gasteiger charge is -2.36. The monoisotopic (exact) mass is 628 g/mol. The van der Waals surface area contributed by atoms with Crippen molar-refractivity contribution >= 4 is 21.8 Å². The number of nitrogens with zero attached hydrogens (tertiary/aromatic N) is 6. The highest BCUT2D eigenvalue weighted by Gasteiger charge is 2.43. The molecule has 3 aromatic rings. The Morgan fingerprint density at radius 1 is 0.953 bits per heavy atom. The first-order valence-electron chi connectivity index (χ1n) is 13.4. The Bertz CT molecular complexity index is 1600. The van der Waals surface area contributed by atoms with Gasteiger partial charge in [-0.3, -0.25) is 0 Å². The van der Waals surface area contributed by atoms with Gasteiger partial charge >= 0.3 is 6.09 Å². The van der Waals surface area contributed by atoms with Gasteiger partial charge in [0, 0.05) is 50.5 Å². The zero-order valence-corrected chi connectivity index (χ0v) is 24.3. The first-order valence-corrected chi connectivity index (χ1v) is 14.9. The minimum atomic E-state index is -5.11. The summed E-state index contributed by atoms with van der Waals surface area (Å²) in [4.78, 5) is 18.6. The van der Waals surface area contributed by atoms with Gasteiger partial charge in [-0.1, -0.05) is 0 Å². The summed E-state index contributed by atoms with van der Waals surface area (Å²) in [7, 11) is -5.11. The standard InChI is InChI=1S/C27H29F5N6O4S/c1-27(2,3)42-26(39)36-10-8-35(9-11-36)18-6-7-19(33-13-18)37-14-16(12-34-37)15-38(17-4-5-17)43(40,41)25-23(31)21(29)20(28)22(30)24(25)32/h6-7,12-14,17H,4-5,8-11,15H2,1-3H3. The molecular weight excluding hydrogens is 599 g/mol. The van der Waals surface area contributed by atoms with E-state index in [1.165, 1.54) is 17.1 Å². The minimum Gasteiger partial charge on any atom is -0.444 e. The lowest BCUT2D eigenvalue weighted by atomic mass is 10.2. The van der Waals surface area contributed by atoms with E-state index in [1.54, 1.807) is 17.2 Å². The molecule has 1 aromatic carbocycles. The van der Waals surface area contributed by atoms with E-state index >= 15 is 0 Å². The number of ether oxygens (including phenoxy) is 1. The number of piperazine rings is 1. The van der Waals surface area contributed by atoms with Crippen molar-refractivity contribution in [1.82, 2.24) is 24.0 Å². The van der Waals surface area contributed by atoms with Gasteiger partial charge in [-0.25, -0.2) is 44.8 Å². The first-order chi connectivity index (χ1) is 20.2. The normalized spacial score (nSPS) is 16.2. The van der Waals surface area contributed by atoms with Crippen LogP contribution < -0.4 is 4.90 Å². The van der Waals surface area contributed by atoms with Crippen LogP contribution >= 0.6 is 0 Å². The second-order valence-electron chi connectivity index (χ2n) is 11.3. The Morgan fingerprint density at radius 3 is 2.09 bits per heavy atom. The summed E-state index contributed by atoms with van der Waals surface area (Å²) < 4.78 is 104. The number of carbonyl (C=O) groups is 1. The summed E-state index contributed by atoms with van der Waals surface area (Å²) in [6, 6.07) is 2.84. The highest BCUT2D eigenvalue weighted by molar-refractivity contribution is 7.89. The molecule has 1 aliphatic carbocycles. The quantitative estimate of drug-likeness (QED) is 0.218. The van der Waals surface area contributed by atoms with Crippen molar-refractivity contribution in [2.75, 3.05) is 31.1 Å². The summed E-state index contributed by atoms with van der Waals surface area (Å²) in [6.45, 7) is 7.11. The number of halogens is 5. The fourth-order valence-corrected chi connectivity index (χ4v) is 6.41. The van der Waals surface area contributed by atoms with E-state index in [1.807, 2.05) is 26.8 Å². The van der Waals surface area contributed by atoms with Gasteiger partial charge in [-0.15, -0.1) is 0 Å². The third kappa shape index (κ3) is 6.30. The number of benzene rings is 1. The average molecular weight is 629 g/mol. The predicted molar refractivity (Wildman–Crippen MR) is 143 cm³/mol. The van der Waals surface area contributed by atoms with Crippen LogP contribution in [-0.4, -0.2) is 76.3 Å². The van der Waals surface area contributed by atoms with Crippen LogP contribution in [0, 0.1) is 29.1 Å². The Kier molecular flexibility index (Phi) is 8.11. The molecule has 0 bridgehead atoms. The smallest absolute Gasteiger partial charge is 0.410 e. The van der Waals surface area contributed by atoms with Gasteiger partial charge in [0.15, 0.2) is 34.0 Å². The second kappa shape index (κ2) is 11.4. The highest BCUT2D eigenvalue weighted by atomic mass is 32.2. The molecule has 2 aromatic heterocycles. The van der Waals surface area contributed by atoms with Gasteiger partial charge in [0.2, 0.25) is 15.8 Å². The van der Waals surface area contributed by atoms with Gasteiger partial charge in [0.1, 0.15) is 5.60 Å². The van der Waals surface area contributed by atoms with Gasteiger partial charge < -0.3 is 14.5 Å². The van der Waals surface area contributed by atoms with Gasteiger partial charge in [-0.2, -0.15) is 9.40 Å². The van der Waals surface area contributed by atoms with Crippen molar-refractivity contribution in [3.8, 4) is 5.82 Å². The fourth-order valence-electron chi connectivity index (χ4n) is 4.62. The third-order valence-electron chi connectivity index (χ3n) is 6.93. The number of sulfonamides is 1. The number of anilines is 1. The molecule has 3 heterocycles. The summed E-state index contributed by atoms with van der Waals surface area (Å²) in [5.74, 6) is -11.5. The molecule has 0 unspecified atom stereocenters. The molecule has 1 saturated carbocycles. The Hall–Kier alpha value is -3.79.